The Kier molecular flexibility index (Phi) is 5.53. The maximum atomic E-state index is 12.8. The summed E-state index contributed by atoms with van der Waals surface area (Å²) in [5, 5.41) is 10.6. The molecule has 6 nitrogen and oxygen atoms in total. The van der Waals surface area contributed by atoms with Gasteiger partial charge in [-0.3, -0.25) is 14.2 Å². The standard InChI is InChI=1S/C16H16N4O2S2.ClH/c21-13(18-6-10-4-17-5-10)7-20-9-19-15-14(16(20)22)11(8-24-15)12-2-1-3-23-12;/h1-3,8-10,17H,4-7H2,(H,18,21);1H. The lowest BCUT2D eigenvalue weighted by molar-refractivity contribution is -0.122. The summed E-state index contributed by atoms with van der Waals surface area (Å²) in [5.74, 6) is 0.339. The topological polar surface area (TPSA) is 76.0 Å². The second kappa shape index (κ2) is 7.65. The average molecular weight is 397 g/mol. The zero-order chi connectivity index (χ0) is 16.5. The normalized spacial score (nSPS) is 14.1. The van der Waals surface area contributed by atoms with Gasteiger partial charge in [0.1, 0.15) is 11.4 Å². The molecule has 3 aromatic rings. The van der Waals surface area contributed by atoms with Crippen LogP contribution < -0.4 is 16.2 Å². The van der Waals surface area contributed by atoms with Crippen molar-refractivity contribution < 1.29 is 4.79 Å². The molecule has 9 heteroatoms. The van der Waals surface area contributed by atoms with Crippen LogP contribution in [0.25, 0.3) is 20.7 Å². The van der Waals surface area contributed by atoms with Gasteiger partial charge in [0, 0.05) is 41.4 Å². The molecule has 0 saturated carbocycles. The molecule has 1 aliphatic rings. The third-order valence-corrected chi connectivity index (χ3v) is 5.90. The lowest BCUT2D eigenvalue weighted by atomic mass is 10.0. The number of carbonyl (C=O) groups excluding carboxylic acids is 1. The second-order valence-corrected chi connectivity index (χ2v) is 7.62. The fourth-order valence-corrected chi connectivity index (χ4v) is 4.38. The summed E-state index contributed by atoms with van der Waals surface area (Å²) < 4.78 is 1.39. The van der Waals surface area contributed by atoms with Crippen LogP contribution in [0.15, 0.2) is 34.0 Å². The first-order valence-electron chi connectivity index (χ1n) is 7.70. The molecule has 0 aromatic carbocycles. The SMILES string of the molecule is Cl.O=C(Cn1cnc2scc(-c3cccs3)c2c1=O)NCC1CNC1. The molecule has 132 valence electrons. The van der Waals surface area contributed by atoms with Gasteiger partial charge in [-0.15, -0.1) is 35.1 Å². The highest BCUT2D eigenvalue weighted by molar-refractivity contribution is 7.18. The van der Waals surface area contributed by atoms with E-state index in [2.05, 4.69) is 15.6 Å². The Labute approximate surface area is 158 Å². The highest BCUT2D eigenvalue weighted by atomic mass is 35.5. The first kappa shape index (κ1) is 18.1. The van der Waals surface area contributed by atoms with Crippen LogP contribution >= 0.6 is 35.1 Å². The molecule has 4 rings (SSSR count). The molecule has 0 bridgehead atoms. The third-order valence-electron chi connectivity index (χ3n) is 4.12. The van der Waals surface area contributed by atoms with E-state index in [9.17, 15) is 9.59 Å². The molecule has 0 atom stereocenters. The number of hydrogen-bond donors (Lipinski definition) is 2. The highest BCUT2D eigenvalue weighted by Gasteiger charge is 2.18. The van der Waals surface area contributed by atoms with Crippen LogP contribution in [-0.4, -0.2) is 35.1 Å². The fourth-order valence-electron chi connectivity index (χ4n) is 2.65. The molecule has 0 spiro atoms. The zero-order valence-corrected chi connectivity index (χ0v) is 15.7. The first-order valence-corrected chi connectivity index (χ1v) is 9.46. The molecule has 0 radical (unpaired) electrons. The third kappa shape index (κ3) is 3.62. The maximum Gasteiger partial charge on any atom is 0.263 e. The van der Waals surface area contributed by atoms with Gasteiger partial charge in [0.05, 0.1) is 11.7 Å². The summed E-state index contributed by atoms with van der Waals surface area (Å²) in [6.07, 6.45) is 1.46. The molecule has 1 amide bonds. The lowest BCUT2D eigenvalue weighted by Crippen LogP contribution is -2.48. The summed E-state index contributed by atoms with van der Waals surface area (Å²) in [4.78, 5) is 31.0. The highest BCUT2D eigenvalue weighted by Crippen LogP contribution is 2.33. The van der Waals surface area contributed by atoms with Crippen LogP contribution in [0, 0.1) is 5.92 Å². The number of nitrogens with zero attached hydrogens (tertiary/aromatic N) is 2. The van der Waals surface area contributed by atoms with Gasteiger partial charge >= 0.3 is 0 Å². The molecule has 4 heterocycles. The van der Waals surface area contributed by atoms with E-state index in [1.165, 1.54) is 22.2 Å². The monoisotopic (exact) mass is 396 g/mol. The Morgan fingerprint density at radius 1 is 1.40 bits per heavy atom. The lowest BCUT2D eigenvalue weighted by Gasteiger charge is -2.27. The zero-order valence-electron chi connectivity index (χ0n) is 13.2. The summed E-state index contributed by atoms with van der Waals surface area (Å²) in [6, 6.07) is 3.95. The molecule has 2 N–H and O–H groups in total. The molecule has 1 aliphatic heterocycles. The quantitative estimate of drug-likeness (QED) is 0.691. The van der Waals surface area contributed by atoms with Crippen molar-refractivity contribution in [1.29, 1.82) is 0 Å². The van der Waals surface area contributed by atoms with E-state index in [1.54, 1.807) is 11.3 Å². The van der Waals surface area contributed by atoms with Gasteiger partial charge in [-0.05, 0) is 11.4 Å². The molecule has 25 heavy (non-hydrogen) atoms. The minimum atomic E-state index is -0.162. The Balaban J connectivity index is 0.00000182. The van der Waals surface area contributed by atoms with Gasteiger partial charge in [-0.2, -0.15) is 0 Å². The van der Waals surface area contributed by atoms with Crippen LogP contribution in [0.2, 0.25) is 0 Å². The predicted molar refractivity (Wildman–Crippen MR) is 104 cm³/mol. The van der Waals surface area contributed by atoms with Crippen molar-refractivity contribution in [2.45, 2.75) is 6.54 Å². The first-order chi connectivity index (χ1) is 11.7. The smallest absolute Gasteiger partial charge is 0.263 e. The van der Waals surface area contributed by atoms with Crippen LogP contribution in [0.5, 0.6) is 0 Å². The van der Waals surface area contributed by atoms with E-state index in [4.69, 9.17) is 0 Å². The Morgan fingerprint density at radius 2 is 2.24 bits per heavy atom. The van der Waals surface area contributed by atoms with Gasteiger partial charge in [0.25, 0.3) is 5.56 Å². The van der Waals surface area contributed by atoms with E-state index in [0.717, 1.165) is 23.5 Å². The summed E-state index contributed by atoms with van der Waals surface area (Å²) in [5.41, 5.74) is 0.739. The number of fused-ring (bicyclic) bond motifs is 1. The number of rotatable bonds is 5. The molecular weight excluding hydrogens is 380 g/mol. The van der Waals surface area contributed by atoms with Gasteiger partial charge in [0.15, 0.2) is 0 Å². The van der Waals surface area contributed by atoms with Crippen molar-refractivity contribution in [2.75, 3.05) is 19.6 Å². The van der Waals surface area contributed by atoms with Crippen molar-refractivity contribution >= 4 is 51.2 Å². The molecule has 1 fully saturated rings. The number of aromatic nitrogens is 2. The van der Waals surface area contributed by atoms with Crippen molar-refractivity contribution in [3.8, 4) is 10.4 Å². The summed E-state index contributed by atoms with van der Waals surface area (Å²) >= 11 is 3.04. The van der Waals surface area contributed by atoms with Gasteiger partial charge in [-0.1, -0.05) is 6.07 Å². The van der Waals surface area contributed by atoms with Gasteiger partial charge in [-0.25, -0.2) is 4.98 Å². The van der Waals surface area contributed by atoms with Crippen LogP contribution in [0.1, 0.15) is 0 Å². The van der Waals surface area contributed by atoms with E-state index in [-0.39, 0.29) is 30.4 Å². The van der Waals surface area contributed by atoms with E-state index >= 15 is 0 Å². The molecular formula is C16H17ClN4O2S2. The molecule has 0 unspecified atom stereocenters. The molecule has 0 aliphatic carbocycles. The van der Waals surface area contributed by atoms with Crippen LogP contribution in [-0.2, 0) is 11.3 Å². The van der Waals surface area contributed by atoms with Crippen molar-refractivity contribution in [2.24, 2.45) is 5.92 Å². The van der Waals surface area contributed by atoms with Crippen LogP contribution in [0.3, 0.4) is 0 Å². The fraction of sp³-hybridized carbons (Fsp3) is 0.312. The molecule has 1 saturated heterocycles. The minimum Gasteiger partial charge on any atom is -0.354 e. The largest absolute Gasteiger partial charge is 0.354 e. The van der Waals surface area contributed by atoms with E-state index in [1.807, 2.05) is 22.9 Å². The number of nitrogens with one attached hydrogen (secondary N) is 2. The predicted octanol–water partition coefficient (Wildman–Crippen LogP) is 1.94. The van der Waals surface area contributed by atoms with E-state index in [0.29, 0.717) is 22.7 Å². The maximum absolute atomic E-state index is 12.8. The number of halogens is 1. The number of carbonyl (C=O) groups is 1. The Bertz CT molecular complexity index is 931. The Hall–Kier alpha value is -1.74. The van der Waals surface area contributed by atoms with Gasteiger partial charge < -0.3 is 10.6 Å². The van der Waals surface area contributed by atoms with E-state index < -0.39 is 0 Å². The van der Waals surface area contributed by atoms with Crippen molar-refractivity contribution in [1.82, 2.24) is 20.2 Å². The van der Waals surface area contributed by atoms with Crippen molar-refractivity contribution in [3.05, 3.63) is 39.6 Å². The Morgan fingerprint density at radius 3 is 2.92 bits per heavy atom. The minimum absolute atomic E-state index is 0. The molecule has 3 aromatic heterocycles. The van der Waals surface area contributed by atoms with Gasteiger partial charge in [0.2, 0.25) is 5.91 Å². The summed E-state index contributed by atoms with van der Waals surface area (Å²) in [6.45, 7) is 2.52. The number of thiophene rings is 2. The van der Waals surface area contributed by atoms with Crippen molar-refractivity contribution in [3.63, 3.8) is 0 Å². The average Bonchev–Trinajstić information content (AvgIpc) is 3.17. The van der Waals surface area contributed by atoms with Crippen LogP contribution in [0.4, 0.5) is 0 Å². The number of hydrogen-bond acceptors (Lipinski definition) is 6. The second-order valence-electron chi connectivity index (χ2n) is 5.81. The summed E-state index contributed by atoms with van der Waals surface area (Å²) in [7, 11) is 0. The number of amides is 1.